The van der Waals surface area contributed by atoms with Gasteiger partial charge in [-0.1, -0.05) is 0 Å². The fourth-order valence-electron chi connectivity index (χ4n) is 3.18. The van der Waals surface area contributed by atoms with E-state index >= 15 is 0 Å². The van der Waals surface area contributed by atoms with Gasteiger partial charge in [0.15, 0.2) is 0 Å². The summed E-state index contributed by atoms with van der Waals surface area (Å²) in [4.78, 5) is 10.9. The highest BCUT2D eigenvalue weighted by molar-refractivity contribution is 5.74. The van der Waals surface area contributed by atoms with E-state index in [4.69, 9.17) is 9.47 Å². The zero-order valence-corrected chi connectivity index (χ0v) is 14.0. The first kappa shape index (κ1) is 17.5. The van der Waals surface area contributed by atoms with E-state index in [1.165, 1.54) is 6.07 Å². The number of nitro groups is 1. The Hall–Kier alpha value is -2.37. The van der Waals surface area contributed by atoms with Gasteiger partial charge in [0.1, 0.15) is 11.8 Å². The third-order valence-corrected chi connectivity index (χ3v) is 4.54. The normalized spacial score (nSPS) is 22.5. The van der Waals surface area contributed by atoms with E-state index in [1.807, 2.05) is 6.07 Å². The predicted octanol–water partition coefficient (Wildman–Crippen LogP) is 2.65. The summed E-state index contributed by atoms with van der Waals surface area (Å²) in [5.74, 6) is 0. The maximum atomic E-state index is 11.3. The molecule has 0 spiro atoms. The van der Waals surface area contributed by atoms with Gasteiger partial charge in [-0.3, -0.25) is 10.1 Å². The molecule has 1 aromatic carbocycles. The molecule has 2 aliphatic heterocycles. The van der Waals surface area contributed by atoms with E-state index in [0.29, 0.717) is 24.5 Å². The predicted molar refractivity (Wildman–Crippen MR) is 92.7 cm³/mol. The van der Waals surface area contributed by atoms with Crippen molar-refractivity contribution in [3.63, 3.8) is 0 Å². The molecule has 8 heteroatoms. The Morgan fingerprint density at radius 3 is 2.20 bits per heavy atom. The second-order valence-corrected chi connectivity index (χ2v) is 6.32. The smallest absolute Gasteiger partial charge is 0.293 e. The number of nitrogens with zero attached hydrogens (tertiary/aromatic N) is 2. The molecule has 2 N–H and O–H groups in total. The largest absolute Gasteiger partial charge is 0.381 e. The third-order valence-electron chi connectivity index (χ3n) is 4.54. The Morgan fingerprint density at radius 1 is 1.12 bits per heavy atom. The first-order valence-electron chi connectivity index (χ1n) is 8.61. The van der Waals surface area contributed by atoms with E-state index in [0.717, 1.165) is 38.9 Å². The first-order valence-corrected chi connectivity index (χ1v) is 8.61. The molecule has 0 aromatic heterocycles. The minimum atomic E-state index is -0.470. The van der Waals surface area contributed by atoms with Crippen LogP contribution in [0.5, 0.6) is 0 Å². The maximum absolute atomic E-state index is 11.3. The van der Waals surface area contributed by atoms with E-state index in [1.54, 1.807) is 6.07 Å². The standard InChI is InChI=1S/C17H22N4O4/c18-9-12-7-17(21(22)23)16(20-11-14-4-2-6-25-14)8-15(12)19-10-13-3-1-5-24-13/h7-8,13-14,19-20H,1-6,10-11H2/t13-,14+/m1/s1. The van der Waals surface area contributed by atoms with Crippen molar-refractivity contribution in [2.45, 2.75) is 37.9 Å². The number of nitriles is 1. The molecule has 1 aromatic rings. The van der Waals surface area contributed by atoms with Crippen LogP contribution in [0.1, 0.15) is 31.2 Å². The van der Waals surface area contributed by atoms with Crippen molar-refractivity contribution in [1.29, 1.82) is 5.26 Å². The zero-order valence-electron chi connectivity index (χ0n) is 14.0. The highest BCUT2D eigenvalue weighted by Crippen LogP contribution is 2.32. The van der Waals surface area contributed by atoms with Crippen LogP contribution in [0.15, 0.2) is 12.1 Å². The summed E-state index contributed by atoms with van der Waals surface area (Å²) < 4.78 is 11.1. The van der Waals surface area contributed by atoms with Crippen molar-refractivity contribution < 1.29 is 14.4 Å². The van der Waals surface area contributed by atoms with E-state index in [-0.39, 0.29) is 23.5 Å². The summed E-state index contributed by atoms with van der Waals surface area (Å²) in [7, 11) is 0. The lowest BCUT2D eigenvalue weighted by atomic mass is 10.1. The van der Waals surface area contributed by atoms with Gasteiger partial charge in [-0.05, 0) is 31.7 Å². The van der Waals surface area contributed by atoms with Crippen molar-refractivity contribution in [1.82, 2.24) is 0 Å². The lowest BCUT2D eigenvalue weighted by Crippen LogP contribution is -2.20. The molecule has 0 aliphatic carbocycles. The number of ether oxygens (including phenoxy) is 2. The van der Waals surface area contributed by atoms with Gasteiger partial charge in [-0.25, -0.2) is 0 Å². The highest BCUT2D eigenvalue weighted by atomic mass is 16.6. The third kappa shape index (κ3) is 4.38. The topological polar surface area (TPSA) is 109 Å². The molecular weight excluding hydrogens is 324 g/mol. The monoisotopic (exact) mass is 346 g/mol. The van der Waals surface area contributed by atoms with Crippen molar-refractivity contribution in [2.75, 3.05) is 36.9 Å². The molecule has 2 fully saturated rings. The fourth-order valence-corrected chi connectivity index (χ4v) is 3.18. The highest BCUT2D eigenvalue weighted by Gasteiger charge is 2.22. The molecule has 0 amide bonds. The van der Waals surface area contributed by atoms with Crippen LogP contribution in [-0.2, 0) is 9.47 Å². The van der Waals surface area contributed by atoms with Gasteiger partial charge in [0, 0.05) is 32.4 Å². The number of nitrogens with one attached hydrogen (secondary N) is 2. The summed E-state index contributed by atoms with van der Waals surface area (Å²) in [5, 5.41) is 27.0. The molecule has 25 heavy (non-hydrogen) atoms. The van der Waals surface area contributed by atoms with Crippen LogP contribution < -0.4 is 10.6 Å². The first-order chi connectivity index (χ1) is 12.2. The average molecular weight is 346 g/mol. The zero-order chi connectivity index (χ0) is 17.6. The van der Waals surface area contributed by atoms with Gasteiger partial charge >= 0.3 is 0 Å². The molecule has 2 atom stereocenters. The minimum Gasteiger partial charge on any atom is -0.381 e. The van der Waals surface area contributed by atoms with E-state index in [2.05, 4.69) is 10.6 Å². The SMILES string of the molecule is N#Cc1cc([N+](=O)[O-])c(NC[C@@H]2CCCO2)cc1NC[C@H]1CCCO1. The van der Waals surface area contributed by atoms with Crippen molar-refractivity contribution in [3.05, 3.63) is 27.8 Å². The number of benzene rings is 1. The second-order valence-electron chi connectivity index (χ2n) is 6.32. The summed E-state index contributed by atoms with van der Waals surface area (Å²) in [6, 6.07) is 4.99. The number of hydrogen-bond donors (Lipinski definition) is 2. The molecule has 0 bridgehead atoms. The molecule has 2 saturated heterocycles. The van der Waals surface area contributed by atoms with Crippen molar-refractivity contribution >= 4 is 17.1 Å². The van der Waals surface area contributed by atoms with E-state index < -0.39 is 4.92 Å². The van der Waals surface area contributed by atoms with Crippen LogP contribution in [0.2, 0.25) is 0 Å². The lowest BCUT2D eigenvalue weighted by Gasteiger charge is -2.16. The van der Waals surface area contributed by atoms with E-state index in [9.17, 15) is 15.4 Å². The summed E-state index contributed by atoms with van der Waals surface area (Å²) in [6.45, 7) is 2.58. The number of anilines is 2. The molecule has 134 valence electrons. The summed E-state index contributed by atoms with van der Waals surface area (Å²) >= 11 is 0. The van der Waals surface area contributed by atoms with Gasteiger partial charge in [0.2, 0.25) is 0 Å². The molecule has 0 saturated carbocycles. The van der Waals surface area contributed by atoms with Crippen LogP contribution in [-0.4, -0.2) is 43.4 Å². The van der Waals surface area contributed by atoms with Crippen LogP contribution in [0.25, 0.3) is 0 Å². The van der Waals surface area contributed by atoms with Crippen molar-refractivity contribution in [2.24, 2.45) is 0 Å². The molecule has 8 nitrogen and oxygen atoms in total. The molecule has 3 rings (SSSR count). The molecule has 2 heterocycles. The number of hydrogen-bond acceptors (Lipinski definition) is 7. The van der Waals surface area contributed by atoms with Gasteiger partial charge in [0.05, 0.1) is 28.4 Å². The Bertz CT molecular complexity index is 661. The van der Waals surface area contributed by atoms with Crippen LogP contribution in [0.3, 0.4) is 0 Å². The molecule has 0 radical (unpaired) electrons. The number of nitro benzene ring substituents is 1. The fraction of sp³-hybridized carbons (Fsp3) is 0.588. The van der Waals surface area contributed by atoms with Gasteiger partial charge in [-0.2, -0.15) is 5.26 Å². The Kier molecular flexibility index (Phi) is 5.68. The molecule has 0 unspecified atom stereocenters. The summed E-state index contributed by atoms with van der Waals surface area (Å²) in [6.07, 6.45) is 4.15. The number of rotatable bonds is 7. The van der Waals surface area contributed by atoms with Gasteiger partial charge in [0.25, 0.3) is 5.69 Å². The maximum Gasteiger partial charge on any atom is 0.293 e. The van der Waals surface area contributed by atoms with Crippen LogP contribution >= 0.6 is 0 Å². The second kappa shape index (κ2) is 8.14. The lowest BCUT2D eigenvalue weighted by molar-refractivity contribution is -0.384. The van der Waals surface area contributed by atoms with Gasteiger partial charge in [-0.15, -0.1) is 0 Å². The summed E-state index contributed by atoms with van der Waals surface area (Å²) in [5.41, 5.74) is 1.14. The Balaban J connectivity index is 1.76. The van der Waals surface area contributed by atoms with Crippen LogP contribution in [0.4, 0.5) is 17.1 Å². The molecule has 2 aliphatic rings. The quantitative estimate of drug-likeness (QED) is 0.577. The van der Waals surface area contributed by atoms with Gasteiger partial charge < -0.3 is 20.1 Å². The Morgan fingerprint density at radius 2 is 1.72 bits per heavy atom. The molecular formula is C17H22N4O4. The Labute approximate surface area is 146 Å². The average Bonchev–Trinajstić information content (AvgIpc) is 3.31. The van der Waals surface area contributed by atoms with Crippen LogP contribution in [0, 0.1) is 21.4 Å². The minimum absolute atomic E-state index is 0.0681. The van der Waals surface area contributed by atoms with Crippen molar-refractivity contribution in [3.8, 4) is 6.07 Å².